The molecule has 0 unspecified atom stereocenters. The largest absolute Gasteiger partial charge is 0.299 e. The lowest BCUT2D eigenvalue weighted by Gasteiger charge is -2.04. The van der Waals surface area contributed by atoms with Gasteiger partial charge in [0.15, 0.2) is 10.3 Å². The predicted octanol–water partition coefficient (Wildman–Crippen LogP) is 3.78. The lowest BCUT2D eigenvalue weighted by atomic mass is 10.3. The molecule has 0 spiro atoms. The zero-order chi connectivity index (χ0) is 18.8. The molecule has 0 saturated heterocycles. The third kappa shape index (κ3) is 5.54. The summed E-state index contributed by atoms with van der Waals surface area (Å²) in [5, 5.41) is 0.360. The summed E-state index contributed by atoms with van der Waals surface area (Å²) in [6.07, 6.45) is 16.6. The highest BCUT2D eigenvalue weighted by Crippen LogP contribution is 2.21. The van der Waals surface area contributed by atoms with E-state index in [2.05, 4.69) is 19.9 Å². The van der Waals surface area contributed by atoms with Crippen molar-refractivity contribution in [2.75, 3.05) is 0 Å². The lowest BCUT2D eigenvalue weighted by molar-refractivity contribution is -0.104. The Bertz CT molecular complexity index is 846. The first kappa shape index (κ1) is 19.4. The molecule has 0 N–H and O–H groups in total. The first-order chi connectivity index (χ1) is 12.7. The van der Waals surface area contributed by atoms with Crippen LogP contribution < -0.4 is 0 Å². The Morgan fingerprint density at radius 2 is 1.08 bits per heavy atom. The summed E-state index contributed by atoms with van der Waals surface area (Å²) in [6.45, 7) is 0. The third-order valence-corrected chi connectivity index (χ3v) is 3.44. The zero-order valence-corrected chi connectivity index (χ0v) is 14.8. The normalized spacial score (nSPS) is 11.9. The van der Waals surface area contributed by atoms with Crippen molar-refractivity contribution < 1.29 is 9.59 Å². The van der Waals surface area contributed by atoms with E-state index in [4.69, 9.17) is 23.2 Å². The van der Waals surface area contributed by atoms with Crippen molar-refractivity contribution in [3.8, 4) is 11.4 Å². The van der Waals surface area contributed by atoms with Crippen molar-refractivity contribution in [1.82, 2.24) is 19.9 Å². The minimum atomic E-state index is 0.180. The van der Waals surface area contributed by atoms with Gasteiger partial charge in [0, 0.05) is 0 Å². The Hall–Kier alpha value is -2.96. The van der Waals surface area contributed by atoms with E-state index in [0.717, 1.165) is 0 Å². The average molecular weight is 387 g/mol. The van der Waals surface area contributed by atoms with E-state index >= 15 is 0 Å². The molecule has 130 valence electrons. The molecule has 0 amide bonds. The summed E-state index contributed by atoms with van der Waals surface area (Å²) < 4.78 is 0. The molecule has 0 aromatic carbocycles. The van der Waals surface area contributed by atoms with Gasteiger partial charge >= 0.3 is 0 Å². The fourth-order valence-corrected chi connectivity index (χ4v) is 2.14. The molecule has 2 rings (SSSR count). The van der Waals surface area contributed by atoms with Gasteiger partial charge in [-0.1, -0.05) is 47.5 Å². The molecule has 2 heterocycles. The molecule has 2 aromatic heterocycles. The molecule has 0 bridgehead atoms. The molecule has 8 heteroatoms. The van der Waals surface area contributed by atoms with Crippen LogP contribution in [0.4, 0.5) is 0 Å². The van der Waals surface area contributed by atoms with Crippen LogP contribution in [-0.4, -0.2) is 32.5 Å². The second-order valence-corrected chi connectivity index (χ2v) is 5.34. The topological polar surface area (TPSA) is 85.7 Å². The van der Waals surface area contributed by atoms with Gasteiger partial charge in [0.1, 0.15) is 35.3 Å². The Kier molecular flexibility index (Phi) is 7.54. The summed E-state index contributed by atoms with van der Waals surface area (Å²) in [6, 6.07) is 0. The van der Waals surface area contributed by atoms with Gasteiger partial charge in [-0.3, -0.25) is 19.6 Å². The van der Waals surface area contributed by atoms with Crippen LogP contribution in [0.25, 0.3) is 23.5 Å². The standard InChI is InChI=1S/C18H12Cl2N4O2/c19-17-13(7-3-1-5-9-25)21-11-15(23-17)16-12-22-14(18(20)24-16)8-4-2-6-10-26/h1-12H/b5-1+,6-2+,7-3+,8-4+. The third-order valence-electron chi connectivity index (χ3n) is 2.88. The highest BCUT2D eigenvalue weighted by atomic mass is 35.5. The Labute approximate surface area is 159 Å². The van der Waals surface area contributed by atoms with Crippen LogP contribution in [0.2, 0.25) is 10.3 Å². The van der Waals surface area contributed by atoms with Crippen LogP contribution in [0, 0.1) is 0 Å². The van der Waals surface area contributed by atoms with E-state index in [-0.39, 0.29) is 10.3 Å². The van der Waals surface area contributed by atoms with Gasteiger partial charge < -0.3 is 0 Å². The van der Waals surface area contributed by atoms with Crippen molar-refractivity contribution in [3.05, 3.63) is 70.5 Å². The summed E-state index contributed by atoms with van der Waals surface area (Å²) in [4.78, 5) is 37.3. The summed E-state index contributed by atoms with van der Waals surface area (Å²) >= 11 is 12.2. The highest BCUT2D eigenvalue weighted by molar-refractivity contribution is 6.31. The van der Waals surface area contributed by atoms with Crippen LogP contribution in [0.5, 0.6) is 0 Å². The molecule has 0 atom stereocenters. The van der Waals surface area contributed by atoms with Crippen LogP contribution >= 0.6 is 23.2 Å². The highest BCUT2D eigenvalue weighted by Gasteiger charge is 2.09. The van der Waals surface area contributed by atoms with Crippen LogP contribution in [0.15, 0.2) is 48.8 Å². The van der Waals surface area contributed by atoms with Crippen LogP contribution in [0.3, 0.4) is 0 Å². The number of carbonyl (C=O) groups excluding carboxylic acids is 2. The van der Waals surface area contributed by atoms with Crippen LogP contribution in [-0.2, 0) is 9.59 Å². The van der Waals surface area contributed by atoms with Crippen molar-refractivity contribution >= 4 is 47.9 Å². The monoisotopic (exact) mass is 386 g/mol. The molecule has 26 heavy (non-hydrogen) atoms. The van der Waals surface area contributed by atoms with Gasteiger partial charge in [0.05, 0.1) is 12.4 Å². The number of nitrogens with zero attached hydrogens (tertiary/aromatic N) is 4. The fraction of sp³-hybridized carbons (Fsp3) is 0. The van der Waals surface area contributed by atoms with E-state index in [0.29, 0.717) is 35.3 Å². The molecule has 0 aliphatic carbocycles. The molecule has 2 aromatic rings. The number of aromatic nitrogens is 4. The van der Waals surface area contributed by atoms with Gasteiger partial charge in [-0.2, -0.15) is 0 Å². The molecular weight excluding hydrogens is 375 g/mol. The summed E-state index contributed by atoms with van der Waals surface area (Å²) in [5.74, 6) is 0. The minimum Gasteiger partial charge on any atom is -0.299 e. The van der Waals surface area contributed by atoms with Gasteiger partial charge in [-0.25, -0.2) is 9.97 Å². The van der Waals surface area contributed by atoms with Gasteiger partial charge in [-0.05, 0) is 24.3 Å². The van der Waals surface area contributed by atoms with E-state index in [1.165, 1.54) is 24.5 Å². The minimum absolute atomic E-state index is 0.180. The number of hydrogen-bond donors (Lipinski definition) is 0. The second-order valence-electron chi connectivity index (χ2n) is 4.62. The van der Waals surface area contributed by atoms with Crippen molar-refractivity contribution in [2.24, 2.45) is 0 Å². The number of hydrogen-bond acceptors (Lipinski definition) is 6. The first-order valence-corrected chi connectivity index (χ1v) is 8.03. The average Bonchev–Trinajstić information content (AvgIpc) is 2.64. The maximum atomic E-state index is 10.2. The maximum Gasteiger partial charge on any atom is 0.155 e. The molecular formula is C18H12Cl2N4O2. The zero-order valence-electron chi connectivity index (χ0n) is 13.3. The molecule has 0 radical (unpaired) electrons. The lowest BCUT2D eigenvalue weighted by Crippen LogP contribution is -1.96. The van der Waals surface area contributed by atoms with E-state index in [9.17, 15) is 9.59 Å². The molecule has 0 fully saturated rings. The van der Waals surface area contributed by atoms with Gasteiger partial charge in [-0.15, -0.1) is 0 Å². The van der Waals surface area contributed by atoms with Crippen LogP contribution in [0.1, 0.15) is 11.4 Å². The Balaban J connectivity index is 2.23. The Morgan fingerprint density at radius 1 is 0.654 bits per heavy atom. The summed E-state index contributed by atoms with van der Waals surface area (Å²) in [5.41, 5.74) is 1.74. The Morgan fingerprint density at radius 3 is 1.42 bits per heavy atom. The second kappa shape index (κ2) is 10.1. The summed E-state index contributed by atoms with van der Waals surface area (Å²) in [7, 11) is 0. The number of halogens is 2. The van der Waals surface area contributed by atoms with Gasteiger partial charge in [0.2, 0.25) is 0 Å². The molecule has 6 nitrogen and oxygen atoms in total. The molecule has 0 saturated carbocycles. The van der Waals surface area contributed by atoms with Crippen molar-refractivity contribution in [2.45, 2.75) is 0 Å². The van der Waals surface area contributed by atoms with E-state index in [1.54, 1.807) is 36.5 Å². The van der Waals surface area contributed by atoms with Gasteiger partial charge in [0.25, 0.3) is 0 Å². The SMILES string of the molecule is O=C/C=C/C=C/c1ncc(-c2cnc(/C=C/C=C/C=O)c(Cl)n2)nc1Cl. The maximum absolute atomic E-state index is 10.2. The number of allylic oxidation sites excluding steroid dienone is 6. The number of carbonyl (C=O) groups is 2. The quantitative estimate of drug-likeness (QED) is 0.408. The first-order valence-electron chi connectivity index (χ1n) is 7.28. The molecule has 0 aliphatic heterocycles. The number of aldehydes is 2. The van der Waals surface area contributed by atoms with E-state index in [1.807, 2.05) is 0 Å². The van der Waals surface area contributed by atoms with E-state index < -0.39 is 0 Å². The smallest absolute Gasteiger partial charge is 0.155 e. The van der Waals surface area contributed by atoms with Crippen molar-refractivity contribution in [1.29, 1.82) is 0 Å². The fourth-order valence-electron chi connectivity index (χ4n) is 1.73. The predicted molar refractivity (Wildman–Crippen MR) is 102 cm³/mol. The molecule has 0 aliphatic rings. The number of rotatable bonds is 7. The van der Waals surface area contributed by atoms with Crippen molar-refractivity contribution in [3.63, 3.8) is 0 Å².